The number of carbonyl (C=O) groups excluding carboxylic acids is 1. The molecule has 2 aromatic rings. The van der Waals surface area contributed by atoms with Crippen LogP contribution in [0.3, 0.4) is 0 Å². The van der Waals surface area contributed by atoms with E-state index in [2.05, 4.69) is 20.8 Å². The topological polar surface area (TPSA) is 102 Å². The second-order valence-electron chi connectivity index (χ2n) is 6.89. The van der Waals surface area contributed by atoms with Crippen LogP contribution in [0.4, 0.5) is 5.69 Å². The zero-order valence-electron chi connectivity index (χ0n) is 14.8. The number of ether oxygens (including phenoxy) is 1. The normalized spacial score (nSPS) is 16.2. The van der Waals surface area contributed by atoms with Crippen molar-refractivity contribution < 1.29 is 14.6 Å². The summed E-state index contributed by atoms with van der Waals surface area (Å²) < 4.78 is 7.06. The molecule has 1 saturated carbocycles. The van der Waals surface area contributed by atoms with Gasteiger partial charge in [-0.1, -0.05) is 19.3 Å². The van der Waals surface area contributed by atoms with Gasteiger partial charge in [0, 0.05) is 12.1 Å². The van der Waals surface area contributed by atoms with E-state index in [1.54, 1.807) is 35.3 Å². The van der Waals surface area contributed by atoms with E-state index in [1.165, 1.54) is 6.42 Å². The zero-order chi connectivity index (χ0) is 18.2. The first-order valence-corrected chi connectivity index (χ1v) is 9.03. The molecule has 1 aliphatic carbocycles. The Morgan fingerprint density at radius 3 is 2.65 bits per heavy atom. The number of aliphatic hydroxyl groups excluding tert-OH is 1. The van der Waals surface area contributed by atoms with Crippen molar-refractivity contribution in [3.05, 3.63) is 30.6 Å². The van der Waals surface area contributed by atoms with Crippen molar-refractivity contribution in [3.63, 3.8) is 0 Å². The van der Waals surface area contributed by atoms with Gasteiger partial charge < -0.3 is 15.2 Å². The molecule has 0 spiro atoms. The van der Waals surface area contributed by atoms with Crippen molar-refractivity contribution in [2.45, 2.75) is 45.1 Å². The zero-order valence-corrected chi connectivity index (χ0v) is 14.8. The van der Waals surface area contributed by atoms with E-state index in [1.807, 2.05) is 0 Å². The number of carbonyl (C=O) groups is 1. The van der Waals surface area contributed by atoms with Crippen molar-refractivity contribution in [3.8, 4) is 5.75 Å². The van der Waals surface area contributed by atoms with Gasteiger partial charge in [0.15, 0.2) is 0 Å². The summed E-state index contributed by atoms with van der Waals surface area (Å²) in [4.78, 5) is 12.6. The standard InChI is InChI=1S/C18H25N5O3/c24-10-11-26-16-6-4-15(5-7-16)20-17(25)12-18(8-2-1-3-9-18)13-23-14-19-21-22-23/h4-7,14,24H,1-3,8-13H2,(H,20,25). The highest BCUT2D eigenvalue weighted by atomic mass is 16.5. The molecule has 8 nitrogen and oxygen atoms in total. The van der Waals surface area contributed by atoms with Gasteiger partial charge in [0.25, 0.3) is 0 Å². The van der Waals surface area contributed by atoms with E-state index in [0.29, 0.717) is 18.7 Å². The van der Waals surface area contributed by atoms with Crippen molar-refractivity contribution in [2.24, 2.45) is 5.41 Å². The summed E-state index contributed by atoms with van der Waals surface area (Å²) >= 11 is 0. The van der Waals surface area contributed by atoms with Crippen molar-refractivity contribution in [1.29, 1.82) is 0 Å². The summed E-state index contributed by atoms with van der Waals surface area (Å²) in [5, 5.41) is 23.1. The van der Waals surface area contributed by atoms with Gasteiger partial charge in [-0.15, -0.1) is 5.10 Å². The molecule has 1 heterocycles. The predicted molar refractivity (Wildman–Crippen MR) is 95.6 cm³/mol. The van der Waals surface area contributed by atoms with Crippen LogP contribution < -0.4 is 10.1 Å². The molecule has 0 radical (unpaired) electrons. The number of nitrogens with one attached hydrogen (secondary N) is 1. The second kappa shape index (κ2) is 8.75. The second-order valence-corrected chi connectivity index (χ2v) is 6.89. The Balaban J connectivity index is 1.60. The molecule has 140 valence electrons. The highest BCUT2D eigenvalue weighted by molar-refractivity contribution is 5.91. The average Bonchev–Trinajstić information content (AvgIpc) is 3.14. The number of aliphatic hydroxyl groups is 1. The summed E-state index contributed by atoms with van der Waals surface area (Å²) in [6.45, 7) is 0.897. The van der Waals surface area contributed by atoms with Crippen molar-refractivity contribution in [1.82, 2.24) is 20.2 Å². The van der Waals surface area contributed by atoms with Gasteiger partial charge in [0.2, 0.25) is 5.91 Å². The Hall–Kier alpha value is -2.48. The van der Waals surface area contributed by atoms with E-state index in [9.17, 15) is 4.79 Å². The van der Waals surface area contributed by atoms with Crippen LogP contribution in [-0.4, -0.2) is 44.4 Å². The molecular formula is C18H25N5O3. The number of benzene rings is 1. The van der Waals surface area contributed by atoms with Gasteiger partial charge in [-0.05, 0) is 52.9 Å². The molecule has 1 aromatic carbocycles. The van der Waals surface area contributed by atoms with E-state index in [0.717, 1.165) is 31.4 Å². The van der Waals surface area contributed by atoms with Crippen LogP contribution in [0, 0.1) is 5.41 Å². The van der Waals surface area contributed by atoms with Crippen LogP contribution in [0.2, 0.25) is 0 Å². The number of nitrogens with zero attached hydrogens (tertiary/aromatic N) is 4. The molecule has 1 aromatic heterocycles. The van der Waals surface area contributed by atoms with E-state index in [4.69, 9.17) is 9.84 Å². The minimum absolute atomic E-state index is 0.00370. The smallest absolute Gasteiger partial charge is 0.224 e. The monoisotopic (exact) mass is 359 g/mol. The number of tetrazole rings is 1. The van der Waals surface area contributed by atoms with Crippen LogP contribution >= 0.6 is 0 Å². The number of hydrogen-bond donors (Lipinski definition) is 2. The van der Waals surface area contributed by atoms with Crippen LogP contribution in [0.5, 0.6) is 5.75 Å². The molecule has 8 heteroatoms. The number of hydrogen-bond acceptors (Lipinski definition) is 6. The number of anilines is 1. The molecular weight excluding hydrogens is 334 g/mol. The van der Waals surface area contributed by atoms with Gasteiger partial charge in [-0.3, -0.25) is 4.79 Å². The van der Waals surface area contributed by atoms with Crippen LogP contribution in [0.1, 0.15) is 38.5 Å². The molecule has 26 heavy (non-hydrogen) atoms. The molecule has 1 fully saturated rings. The van der Waals surface area contributed by atoms with E-state index in [-0.39, 0.29) is 24.5 Å². The lowest BCUT2D eigenvalue weighted by Crippen LogP contribution is -2.34. The first kappa shape index (κ1) is 18.3. The lowest BCUT2D eigenvalue weighted by Gasteiger charge is -2.36. The molecule has 0 saturated heterocycles. The molecule has 0 bridgehead atoms. The van der Waals surface area contributed by atoms with Gasteiger partial charge in [0.1, 0.15) is 18.7 Å². The number of aromatic nitrogens is 4. The van der Waals surface area contributed by atoms with Gasteiger partial charge >= 0.3 is 0 Å². The number of amides is 1. The molecule has 1 amide bonds. The Morgan fingerprint density at radius 2 is 2.00 bits per heavy atom. The third-order valence-corrected chi connectivity index (χ3v) is 4.84. The van der Waals surface area contributed by atoms with E-state index < -0.39 is 0 Å². The summed E-state index contributed by atoms with van der Waals surface area (Å²) in [7, 11) is 0. The molecule has 0 atom stereocenters. The maximum absolute atomic E-state index is 12.6. The fraction of sp³-hybridized carbons (Fsp3) is 0.556. The summed E-state index contributed by atoms with van der Waals surface area (Å²) in [6.07, 6.45) is 7.56. The van der Waals surface area contributed by atoms with Crippen LogP contribution in [0.15, 0.2) is 30.6 Å². The fourth-order valence-electron chi connectivity index (χ4n) is 3.63. The first-order valence-electron chi connectivity index (χ1n) is 9.03. The highest BCUT2D eigenvalue weighted by Crippen LogP contribution is 2.40. The van der Waals surface area contributed by atoms with Gasteiger partial charge in [-0.2, -0.15) is 0 Å². The summed E-state index contributed by atoms with van der Waals surface area (Å²) in [5.41, 5.74) is 0.641. The van der Waals surface area contributed by atoms with Gasteiger partial charge in [-0.25, -0.2) is 4.68 Å². The third kappa shape index (κ3) is 5.01. The van der Waals surface area contributed by atoms with Gasteiger partial charge in [0.05, 0.1) is 13.2 Å². The highest BCUT2D eigenvalue weighted by Gasteiger charge is 2.35. The molecule has 1 aliphatic rings. The maximum atomic E-state index is 12.6. The first-order chi connectivity index (χ1) is 12.7. The molecule has 0 unspecified atom stereocenters. The Bertz CT molecular complexity index is 681. The van der Waals surface area contributed by atoms with E-state index >= 15 is 0 Å². The lowest BCUT2D eigenvalue weighted by molar-refractivity contribution is -0.119. The van der Waals surface area contributed by atoms with Crippen molar-refractivity contribution >= 4 is 11.6 Å². The average molecular weight is 359 g/mol. The van der Waals surface area contributed by atoms with Crippen molar-refractivity contribution in [2.75, 3.05) is 18.5 Å². The fourth-order valence-corrected chi connectivity index (χ4v) is 3.63. The summed E-state index contributed by atoms with van der Waals surface area (Å²) in [6, 6.07) is 7.17. The van der Waals surface area contributed by atoms with Crippen LogP contribution in [0.25, 0.3) is 0 Å². The Kier molecular flexibility index (Phi) is 6.17. The predicted octanol–water partition coefficient (Wildman–Crippen LogP) is 2.02. The molecule has 2 N–H and O–H groups in total. The Labute approximate surface area is 152 Å². The lowest BCUT2D eigenvalue weighted by atomic mass is 9.71. The summed E-state index contributed by atoms with van der Waals surface area (Å²) in [5.74, 6) is 0.670. The van der Waals surface area contributed by atoms with Crippen LogP contribution in [-0.2, 0) is 11.3 Å². The third-order valence-electron chi connectivity index (χ3n) is 4.84. The number of rotatable bonds is 8. The SMILES string of the molecule is O=C(CC1(Cn2cnnn2)CCCCC1)Nc1ccc(OCCO)cc1. The molecule has 3 rings (SSSR count). The molecule has 0 aliphatic heterocycles. The largest absolute Gasteiger partial charge is 0.491 e. The maximum Gasteiger partial charge on any atom is 0.224 e. The minimum atomic E-state index is -0.0953. The minimum Gasteiger partial charge on any atom is -0.491 e. The quantitative estimate of drug-likeness (QED) is 0.748. The Morgan fingerprint density at radius 1 is 1.23 bits per heavy atom.